The molecule has 30 heavy (non-hydrogen) atoms. The number of hydrogen-bond donors (Lipinski definition) is 2. The van der Waals surface area contributed by atoms with Gasteiger partial charge in [-0.25, -0.2) is 9.97 Å². The summed E-state index contributed by atoms with van der Waals surface area (Å²) < 4.78 is 0.676. The second-order valence-corrected chi connectivity index (χ2v) is 7.27. The highest BCUT2D eigenvalue weighted by atomic mass is 32.1. The molecule has 0 spiro atoms. The van der Waals surface area contributed by atoms with E-state index in [1.807, 2.05) is 24.3 Å². The summed E-state index contributed by atoms with van der Waals surface area (Å²) in [7, 11) is 0. The Morgan fingerprint density at radius 1 is 0.567 bits per heavy atom. The lowest BCUT2D eigenvalue weighted by Crippen LogP contribution is -1.91. The van der Waals surface area contributed by atoms with Gasteiger partial charge in [-0.3, -0.25) is 0 Å². The highest BCUT2D eigenvalue weighted by Gasteiger charge is 2.12. The number of imidazole rings is 1. The molecule has 3 aromatic carbocycles. The molecule has 3 heterocycles. The largest absolute Gasteiger partial charge is 0.338 e. The Hall–Kier alpha value is -3.83. The van der Waals surface area contributed by atoms with Crippen molar-refractivity contribution in [1.29, 1.82) is 0 Å². The predicted molar refractivity (Wildman–Crippen MR) is 126 cm³/mol. The van der Waals surface area contributed by atoms with Gasteiger partial charge in [0.15, 0.2) is 4.77 Å². The third-order valence-electron chi connectivity index (χ3n) is 4.95. The summed E-state index contributed by atoms with van der Waals surface area (Å²) in [5.41, 5.74) is 5.16. The molecule has 144 valence electrons. The van der Waals surface area contributed by atoms with Gasteiger partial charge >= 0.3 is 0 Å². The zero-order valence-corrected chi connectivity index (χ0v) is 16.9. The number of nitrogens with one attached hydrogen (secondary N) is 2. The Morgan fingerprint density at radius 3 is 1.73 bits per heavy atom. The van der Waals surface area contributed by atoms with Crippen LogP contribution in [0, 0.1) is 4.77 Å². The Kier molecular flexibility index (Phi) is 4.79. The van der Waals surface area contributed by atoms with Crippen LogP contribution in [0.5, 0.6) is 0 Å². The van der Waals surface area contributed by atoms with E-state index in [0.29, 0.717) is 4.77 Å². The molecule has 2 N–H and O–H groups in total. The third-order valence-corrected chi connectivity index (χ3v) is 5.19. The standard InChI is InChI=1S/C22H14N2.C3H4N2S/c1-4-10-18-15(7-1)13-14-21(23-18)22-16-8-2-5-11-19(16)24-20-12-6-3-9-17(20)22;6-3-4-1-2-5-3/h1-14H;1-2H,(H2,4,5,6). The molecular weight excluding hydrogens is 388 g/mol. The van der Waals surface area contributed by atoms with Gasteiger partial charge in [-0.15, -0.1) is 0 Å². The highest BCUT2D eigenvalue weighted by Crippen LogP contribution is 2.34. The van der Waals surface area contributed by atoms with E-state index in [0.717, 1.165) is 44.0 Å². The van der Waals surface area contributed by atoms with Crippen molar-refractivity contribution < 1.29 is 0 Å². The van der Waals surface area contributed by atoms with Crippen molar-refractivity contribution in [3.8, 4) is 11.3 Å². The zero-order chi connectivity index (χ0) is 20.3. The maximum atomic E-state index is 4.92. The van der Waals surface area contributed by atoms with Crippen LogP contribution in [-0.2, 0) is 0 Å². The summed E-state index contributed by atoms with van der Waals surface area (Å²) in [4.78, 5) is 15.2. The molecule has 4 nitrogen and oxygen atoms in total. The van der Waals surface area contributed by atoms with Crippen LogP contribution in [-0.4, -0.2) is 19.9 Å². The fourth-order valence-corrected chi connectivity index (χ4v) is 3.73. The molecule has 0 aliphatic rings. The topological polar surface area (TPSA) is 57.4 Å². The lowest BCUT2D eigenvalue weighted by Gasteiger charge is -2.11. The van der Waals surface area contributed by atoms with E-state index in [-0.39, 0.29) is 0 Å². The first kappa shape index (κ1) is 18.2. The zero-order valence-electron chi connectivity index (χ0n) is 16.0. The average molecular weight is 407 g/mol. The fourth-order valence-electron chi connectivity index (χ4n) is 3.60. The van der Waals surface area contributed by atoms with Crippen molar-refractivity contribution in [2.24, 2.45) is 0 Å². The van der Waals surface area contributed by atoms with Crippen molar-refractivity contribution in [2.75, 3.05) is 0 Å². The second kappa shape index (κ2) is 7.89. The van der Waals surface area contributed by atoms with Crippen LogP contribution >= 0.6 is 12.2 Å². The number of aromatic nitrogens is 4. The molecule has 6 rings (SSSR count). The Morgan fingerprint density at radius 2 is 1.13 bits per heavy atom. The number of H-pyrrole nitrogens is 2. The van der Waals surface area contributed by atoms with Crippen molar-refractivity contribution in [3.05, 3.63) is 102 Å². The first-order chi connectivity index (χ1) is 14.8. The van der Waals surface area contributed by atoms with Gasteiger partial charge in [-0.2, -0.15) is 0 Å². The first-order valence-corrected chi connectivity index (χ1v) is 10.1. The molecule has 0 saturated carbocycles. The molecular formula is C25H18N4S. The lowest BCUT2D eigenvalue weighted by atomic mass is 9.99. The summed E-state index contributed by atoms with van der Waals surface area (Å²) >= 11 is 4.63. The molecule has 0 fully saturated rings. The number of hydrogen-bond acceptors (Lipinski definition) is 3. The minimum atomic E-state index is 0.676. The number of aromatic amines is 2. The van der Waals surface area contributed by atoms with Crippen molar-refractivity contribution in [2.45, 2.75) is 0 Å². The quantitative estimate of drug-likeness (QED) is 0.237. The number of rotatable bonds is 1. The smallest absolute Gasteiger partial charge is 0.174 e. The third kappa shape index (κ3) is 3.47. The Bertz CT molecular complexity index is 1460. The maximum Gasteiger partial charge on any atom is 0.174 e. The van der Waals surface area contributed by atoms with Gasteiger partial charge in [0.05, 0.1) is 22.2 Å². The van der Waals surface area contributed by atoms with Gasteiger partial charge in [-0.05, 0) is 36.5 Å². The average Bonchev–Trinajstić information content (AvgIpc) is 3.28. The van der Waals surface area contributed by atoms with Gasteiger partial charge in [0, 0.05) is 34.1 Å². The number of fused-ring (bicyclic) bond motifs is 3. The van der Waals surface area contributed by atoms with Crippen molar-refractivity contribution >= 4 is 44.9 Å². The number of benzene rings is 3. The number of pyridine rings is 2. The van der Waals surface area contributed by atoms with E-state index >= 15 is 0 Å². The molecule has 0 aliphatic heterocycles. The maximum absolute atomic E-state index is 4.92. The van der Waals surface area contributed by atoms with E-state index in [1.165, 1.54) is 0 Å². The first-order valence-electron chi connectivity index (χ1n) is 9.65. The monoisotopic (exact) mass is 406 g/mol. The van der Waals surface area contributed by atoms with Gasteiger partial charge in [0.1, 0.15) is 0 Å². The van der Waals surface area contributed by atoms with Crippen LogP contribution in [0.4, 0.5) is 0 Å². The lowest BCUT2D eigenvalue weighted by molar-refractivity contribution is 1.27. The molecule has 0 amide bonds. The fraction of sp³-hybridized carbons (Fsp3) is 0. The van der Waals surface area contributed by atoms with Crippen LogP contribution in [0.1, 0.15) is 0 Å². The summed E-state index contributed by atoms with van der Waals surface area (Å²) in [6, 6.07) is 29.0. The van der Waals surface area contributed by atoms with Gasteiger partial charge < -0.3 is 9.97 Å². The van der Waals surface area contributed by atoms with Crippen LogP contribution in [0.3, 0.4) is 0 Å². The van der Waals surface area contributed by atoms with E-state index in [2.05, 4.69) is 82.8 Å². The molecule has 0 aliphatic carbocycles. The molecule has 0 radical (unpaired) electrons. The van der Waals surface area contributed by atoms with E-state index in [1.54, 1.807) is 12.4 Å². The van der Waals surface area contributed by atoms with Gasteiger partial charge in [0.25, 0.3) is 0 Å². The van der Waals surface area contributed by atoms with Crippen LogP contribution < -0.4 is 0 Å². The molecule has 0 bridgehead atoms. The Balaban J connectivity index is 0.000000279. The number of nitrogens with zero attached hydrogens (tertiary/aromatic N) is 2. The minimum Gasteiger partial charge on any atom is -0.338 e. The Labute approximate surface area is 178 Å². The predicted octanol–water partition coefficient (Wildman–Crippen LogP) is 6.68. The highest BCUT2D eigenvalue weighted by molar-refractivity contribution is 7.71. The van der Waals surface area contributed by atoms with E-state index in [9.17, 15) is 0 Å². The summed E-state index contributed by atoms with van der Waals surface area (Å²) in [5, 5.41) is 3.43. The van der Waals surface area contributed by atoms with Gasteiger partial charge in [-0.1, -0.05) is 60.7 Å². The normalized spacial score (nSPS) is 10.8. The summed E-state index contributed by atoms with van der Waals surface area (Å²) in [5.74, 6) is 0. The van der Waals surface area contributed by atoms with Crippen molar-refractivity contribution in [3.63, 3.8) is 0 Å². The van der Waals surface area contributed by atoms with Crippen LogP contribution in [0.2, 0.25) is 0 Å². The van der Waals surface area contributed by atoms with Crippen LogP contribution in [0.15, 0.2) is 97.3 Å². The molecule has 6 aromatic rings. The molecule has 5 heteroatoms. The van der Waals surface area contributed by atoms with E-state index in [4.69, 9.17) is 9.97 Å². The van der Waals surface area contributed by atoms with Crippen LogP contribution in [0.25, 0.3) is 44.0 Å². The molecule has 0 unspecified atom stereocenters. The van der Waals surface area contributed by atoms with Gasteiger partial charge in [0.2, 0.25) is 0 Å². The molecule has 0 saturated heterocycles. The SMILES string of the molecule is S=c1[nH]cc[nH]1.c1ccc2nc(-c3c4ccccc4nc4ccccc34)ccc2c1. The van der Waals surface area contributed by atoms with E-state index < -0.39 is 0 Å². The molecule has 3 aromatic heterocycles. The van der Waals surface area contributed by atoms with Crippen molar-refractivity contribution in [1.82, 2.24) is 19.9 Å². The minimum absolute atomic E-state index is 0.676. The second-order valence-electron chi connectivity index (χ2n) is 6.86. The number of para-hydroxylation sites is 3. The summed E-state index contributed by atoms with van der Waals surface area (Å²) in [6.07, 6.45) is 3.50. The summed E-state index contributed by atoms with van der Waals surface area (Å²) in [6.45, 7) is 0. The molecule has 0 atom stereocenters.